The van der Waals surface area contributed by atoms with Gasteiger partial charge in [-0.2, -0.15) is 0 Å². The van der Waals surface area contributed by atoms with Gasteiger partial charge in [0.2, 0.25) is 0 Å². The van der Waals surface area contributed by atoms with E-state index in [4.69, 9.17) is 16.0 Å². The minimum absolute atomic E-state index is 0.376. The molecule has 1 aromatic carbocycles. The van der Waals surface area contributed by atoms with Gasteiger partial charge in [0.15, 0.2) is 11.5 Å². The Morgan fingerprint density at radius 1 is 1.41 bits per heavy atom. The van der Waals surface area contributed by atoms with Crippen LogP contribution in [0.1, 0.15) is 24.3 Å². The Labute approximate surface area is 105 Å². The third kappa shape index (κ3) is 1.83. The summed E-state index contributed by atoms with van der Waals surface area (Å²) in [5.74, 6) is 1.78. The molecular formula is C13H15ClN2O. The average molecular weight is 251 g/mol. The summed E-state index contributed by atoms with van der Waals surface area (Å²) in [5.41, 5.74) is 2.78. The van der Waals surface area contributed by atoms with Crippen LogP contribution in [0.4, 0.5) is 0 Å². The molecule has 3 rings (SSSR count). The minimum Gasteiger partial charge on any atom is -0.440 e. The predicted molar refractivity (Wildman–Crippen MR) is 68.5 cm³/mol. The lowest BCUT2D eigenvalue weighted by Gasteiger charge is -2.08. The molecule has 0 radical (unpaired) electrons. The van der Waals surface area contributed by atoms with Gasteiger partial charge >= 0.3 is 0 Å². The van der Waals surface area contributed by atoms with Gasteiger partial charge in [-0.3, -0.25) is 0 Å². The number of nitrogens with one attached hydrogen (secondary N) is 1. The van der Waals surface area contributed by atoms with Crippen molar-refractivity contribution in [2.24, 2.45) is 5.92 Å². The Kier molecular flexibility index (Phi) is 2.60. The lowest BCUT2D eigenvalue weighted by atomic mass is 9.98. The summed E-state index contributed by atoms with van der Waals surface area (Å²) < 4.78 is 5.90. The van der Waals surface area contributed by atoms with E-state index in [1.165, 1.54) is 0 Å². The normalized spacial score (nSPS) is 24.6. The molecule has 2 unspecified atom stereocenters. The van der Waals surface area contributed by atoms with Crippen molar-refractivity contribution in [2.45, 2.75) is 19.8 Å². The van der Waals surface area contributed by atoms with Gasteiger partial charge in [0.05, 0.1) is 5.92 Å². The van der Waals surface area contributed by atoms with Gasteiger partial charge in [0.1, 0.15) is 5.52 Å². The van der Waals surface area contributed by atoms with Crippen LogP contribution in [0.3, 0.4) is 0 Å². The highest BCUT2D eigenvalue weighted by molar-refractivity contribution is 6.31. The molecule has 1 aliphatic rings. The molecule has 0 spiro atoms. The standard InChI is InChI=1S/C13H15ClN2O/c1-7-3-9(14)4-11-12(7)17-13(16-11)10-6-15-5-8(10)2/h3-4,8,10,15H,5-6H2,1-2H3. The first-order valence-electron chi connectivity index (χ1n) is 5.92. The summed E-state index contributed by atoms with van der Waals surface area (Å²) in [4.78, 5) is 4.58. The van der Waals surface area contributed by atoms with Crippen molar-refractivity contribution in [1.29, 1.82) is 0 Å². The van der Waals surface area contributed by atoms with Crippen molar-refractivity contribution < 1.29 is 4.42 Å². The largest absolute Gasteiger partial charge is 0.440 e. The van der Waals surface area contributed by atoms with Crippen molar-refractivity contribution >= 4 is 22.7 Å². The quantitative estimate of drug-likeness (QED) is 0.845. The number of hydrogen-bond donors (Lipinski definition) is 1. The molecule has 1 fully saturated rings. The van der Waals surface area contributed by atoms with Crippen LogP contribution in [0.15, 0.2) is 16.5 Å². The zero-order valence-corrected chi connectivity index (χ0v) is 10.7. The first-order valence-corrected chi connectivity index (χ1v) is 6.30. The molecule has 90 valence electrons. The van der Waals surface area contributed by atoms with Crippen LogP contribution in [0.25, 0.3) is 11.1 Å². The molecular weight excluding hydrogens is 236 g/mol. The van der Waals surface area contributed by atoms with E-state index in [0.717, 1.165) is 35.6 Å². The summed E-state index contributed by atoms with van der Waals surface area (Å²) in [7, 11) is 0. The van der Waals surface area contributed by atoms with Gasteiger partial charge in [0, 0.05) is 11.6 Å². The number of oxazole rings is 1. The second-order valence-corrected chi connectivity index (χ2v) is 5.30. The van der Waals surface area contributed by atoms with Crippen molar-refractivity contribution in [2.75, 3.05) is 13.1 Å². The van der Waals surface area contributed by atoms with E-state index in [-0.39, 0.29) is 0 Å². The molecule has 1 aliphatic heterocycles. The summed E-state index contributed by atoms with van der Waals surface area (Å²) >= 11 is 6.03. The van der Waals surface area contributed by atoms with Crippen LogP contribution in [-0.2, 0) is 0 Å². The molecule has 1 N–H and O–H groups in total. The second-order valence-electron chi connectivity index (χ2n) is 4.87. The van der Waals surface area contributed by atoms with E-state index in [9.17, 15) is 0 Å². The fourth-order valence-electron chi connectivity index (χ4n) is 2.47. The van der Waals surface area contributed by atoms with Gasteiger partial charge in [-0.25, -0.2) is 4.98 Å². The van der Waals surface area contributed by atoms with E-state index >= 15 is 0 Å². The molecule has 1 aromatic heterocycles. The van der Waals surface area contributed by atoms with Gasteiger partial charge in [-0.15, -0.1) is 0 Å². The third-order valence-electron chi connectivity index (χ3n) is 3.49. The summed E-state index contributed by atoms with van der Waals surface area (Å²) in [6.45, 7) is 6.20. The van der Waals surface area contributed by atoms with Gasteiger partial charge in [-0.1, -0.05) is 18.5 Å². The molecule has 4 heteroatoms. The SMILES string of the molecule is Cc1cc(Cl)cc2nc(C3CNCC3C)oc12. The van der Waals surface area contributed by atoms with Gasteiger partial charge in [0.25, 0.3) is 0 Å². The van der Waals surface area contributed by atoms with Crippen LogP contribution in [-0.4, -0.2) is 18.1 Å². The molecule has 17 heavy (non-hydrogen) atoms. The highest BCUT2D eigenvalue weighted by Crippen LogP contribution is 2.31. The number of aromatic nitrogens is 1. The minimum atomic E-state index is 0.376. The number of nitrogens with zero attached hydrogens (tertiary/aromatic N) is 1. The van der Waals surface area contributed by atoms with E-state index in [0.29, 0.717) is 16.9 Å². The zero-order valence-electron chi connectivity index (χ0n) is 9.96. The maximum absolute atomic E-state index is 6.03. The Balaban J connectivity index is 2.10. The number of hydrogen-bond acceptors (Lipinski definition) is 3. The molecule has 3 nitrogen and oxygen atoms in total. The summed E-state index contributed by atoms with van der Waals surface area (Å²) in [5, 5.41) is 4.08. The van der Waals surface area contributed by atoms with Crippen LogP contribution >= 0.6 is 11.6 Å². The summed E-state index contributed by atoms with van der Waals surface area (Å²) in [6.07, 6.45) is 0. The van der Waals surface area contributed by atoms with Crippen LogP contribution in [0.5, 0.6) is 0 Å². The fourth-order valence-corrected chi connectivity index (χ4v) is 2.74. The Bertz CT molecular complexity index is 564. The second kappa shape index (κ2) is 4.00. The molecule has 2 heterocycles. The van der Waals surface area contributed by atoms with E-state index in [2.05, 4.69) is 17.2 Å². The molecule has 1 saturated heterocycles. The fraction of sp³-hybridized carbons (Fsp3) is 0.462. The maximum atomic E-state index is 6.03. The van der Waals surface area contributed by atoms with E-state index < -0.39 is 0 Å². The Morgan fingerprint density at radius 2 is 2.24 bits per heavy atom. The third-order valence-corrected chi connectivity index (χ3v) is 3.71. The van der Waals surface area contributed by atoms with Crippen molar-refractivity contribution in [3.05, 3.63) is 28.6 Å². The number of rotatable bonds is 1. The molecule has 2 atom stereocenters. The Morgan fingerprint density at radius 3 is 2.94 bits per heavy atom. The number of fused-ring (bicyclic) bond motifs is 1. The molecule has 0 aliphatic carbocycles. The first-order chi connectivity index (χ1) is 8.15. The molecule has 0 amide bonds. The Hall–Kier alpha value is -1.06. The van der Waals surface area contributed by atoms with Crippen molar-refractivity contribution in [3.63, 3.8) is 0 Å². The van der Waals surface area contributed by atoms with Crippen molar-refractivity contribution in [1.82, 2.24) is 10.3 Å². The van der Waals surface area contributed by atoms with E-state index in [1.54, 1.807) is 0 Å². The van der Waals surface area contributed by atoms with Gasteiger partial charge < -0.3 is 9.73 Å². The molecule has 0 saturated carbocycles. The maximum Gasteiger partial charge on any atom is 0.200 e. The zero-order chi connectivity index (χ0) is 12.0. The lowest BCUT2D eigenvalue weighted by Crippen LogP contribution is -2.08. The van der Waals surface area contributed by atoms with Gasteiger partial charge in [-0.05, 0) is 37.1 Å². The topological polar surface area (TPSA) is 38.1 Å². The highest BCUT2D eigenvalue weighted by Gasteiger charge is 2.29. The predicted octanol–water partition coefficient (Wildman–Crippen LogP) is 3.11. The average Bonchev–Trinajstić information content (AvgIpc) is 2.83. The smallest absolute Gasteiger partial charge is 0.200 e. The number of benzene rings is 1. The lowest BCUT2D eigenvalue weighted by molar-refractivity contribution is 0.434. The molecule has 2 aromatic rings. The van der Waals surface area contributed by atoms with Crippen LogP contribution in [0.2, 0.25) is 5.02 Å². The van der Waals surface area contributed by atoms with Crippen LogP contribution < -0.4 is 5.32 Å². The summed E-state index contributed by atoms with van der Waals surface area (Å²) in [6, 6.07) is 3.78. The highest BCUT2D eigenvalue weighted by atomic mass is 35.5. The van der Waals surface area contributed by atoms with E-state index in [1.807, 2.05) is 19.1 Å². The monoisotopic (exact) mass is 250 g/mol. The first kappa shape index (κ1) is 11.1. The van der Waals surface area contributed by atoms with Crippen LogP contribution in [0, 0.1) is 12.8 Å². The molecule has 0 bridgehead atoms. The number of halogens is 1. The number of aryl methyl sites for hydroxylation is 1. The van der Waals surface area contributed by atoms with Crippen molar-refractivity contribution in [3.8, 4) is 0 Å².